The van der Waals surface area contributed by atoms with Crippen LogP contribution in [0.15, 0.2) is 39.6 Å². The lowest BCUT2D eigenvalue weighted by Gasteiger charge is -2.19. The molecule has 1 aromatic carbocycles. The van der Waals surface area contributed by atoms with Crippen LogP contribution in [0.3, 0.4) is 0 Å². The molecule has 36 heavy (non-hydrogen) atoms. The molecule has 4 rings (SSSR count). The summed E-state index contributed by atoms with van der Waals surface area (Å²) in [4.78, 5) is 33.3. The van der Waals surface area contributed by atoms with Gasteiger partial charge < -0.3 is 14.0 Å². The molecule has 0 radical (unpaired) electrons. The molecule has 0 unspecified atom stereocenters. The number of fused-ring (bicyclic) bond motifs is 1. The lowest BCUT2D eigenvalue weighted by atomic mass is 10.1. The average Bonchev–Trinajstić information content (AvgIpc) is 3.39. The number of ether oxygens (including phenoxy) is 2. The SMILES string of the molecule is CC(C)(C)OC(=O)Nc1ncc(Br)nc1-c1cc(-c2ccc3c(c2)nnn3C(=O)OC(C)(C)C)no1. The minimum atomic E-state index is -0.684. The minimum Gasteiger partial charge on any atom is -0.444 e. The van der Waals surface area contributed by atoms with Gasteiger partial charge in [0.1, 0.15) is 32.5 Å². The van der Waals surface area contributed by atoms with Gasteiger partial charge in [0.05, 0.1) is 6.20 Å². The predicted molar refractivity (Wildman–Crippen MR) is 133 cm³/mol. The molecule has 0 aliphatic heterocycles. The third-order valence-corrected chi connectivity index (χ3v) is 4.80. The number of carbonyl (C=O) groups excluding carboxylic acids is 2. The van der Waals surface area contributed by atoms with Crippen LogP contribution in [0, 0.1) is 0 Å². The number of nitrogens with one attached hydrogen (secondary N) is 1. The lowest BCUT2D eigenvalue weighted by Crippen LogP contribution is -2.27. The molecule has 0 spiro atoms. The first-order chi connectivity index (χ1) is 16.8. The van der Waals surface area contributed by atoms with E-state index in [-0.39, 0.29) is 17.3 Å². The van der Waals surface area contributed by atoms with E-state index in [9.17, 15) is 9.59 Å². The monoisotopic (exact) mass is 557 g/mol. The van der Waals surface area contributed by atoms with Gasteiger partial charge in [-0.1, -0.05) is 16.4 Å². The molecule has 188 valence electrons. The van der Waals surface area contributed by atoms with Crippen LogP contribution in [0.25, 0.3) is 33.7 Å². The van der Waals surface area contributed by atoms with Crippen molar-refractivity contribution in [2.24, 2.45) is 0 Å². The van der Waals surface area contributed by atoms with Gasteiger partial charge in [-0.25, -0.2) is 19.6 Å². The number of benzene rings is 1. The van der Waals surface area contributed by atoms with E-state index in [0.717, 1.165) is 4.68 Å². The number of rotatable bonds is 3. The number of anilines is 1. The van der Waals surface area contributed by atoms with Crippen molar-refractivity contribution in [2.45, 2.75) is 52.7 Å². The zero-order valence-electron chi connectivity index (χ0n) is 20.5. The molecule has 0 aliphatic carbocycles. The highest BCUT2D eigenvalue weighted by Gasteiger charge is 2.23. The Morgan fingerprint density at radius 1 is 1.06 bits per heavy atom. The van der Waals surface area contributed by atoms with Crippen LogP contribution in [0.5, 0.6) is 0 Å². The molecule has 13 heteroatoms. The molecule has 0 aliphatic rings. The third kappa shape index (κ3) is 5.85. The Hall–Kier alpha value is -3.87. The molecule has 1 N–H and O–H groups in total. The Bertz CT molecular complexity index is 1450. The molecule has 3 heterocycles. The fourth-order valence-electron chi connectivity index (χ4n) is 3.08. The topological polar surface area (TPSA) is 147 Å². The second-order valence-electron chi connectivity index (χ2n) is 9.78. The summed E-state index contributed by atoms with van der Waals surface area (Å²) in [6.45, 7) is 10.6. The fourth-order valence-corrected chi connectivity index (χ4v) is 3.36. The summed E-state index contributed by atoms with van der Waals surface area (Å²) in [7, 11) is 0. The largest absolute Gasteiger partial charge is 0.444 e. The van der Waals surface area contributed by atoms with E-state index in [1.807, 2.05) is 0 Å². The summed E-state index contributed by atoms with van der Waals surface area (Å²) in [5.41, 5.74) is 0.999. The van der Waals surface area contributed by atoms with E-state index in [0.29, 0.717) is 26.9 Å². The van der Waals surface area contributed by atoms with E-state index in [1.165, 1.54) is 6.20 Å². The van der Waals surface area contributed by atoms with Gasteiger partial charge in [-0.05, 0) is 69.6 Å². The first-order valence-corrected chi connectivity index (χ1v) is 11.7. The molecule has 0 fully saturated rings. The maximum absolute atomic E-state index is 12.4. The van der Waals surface area contributed by atoms with Crippen molar-refractivity contribution in [3.63, 3.8) is 0 Å². The van der Waals surface area contributed by atoms with E-state index in [4.69, 9.17) is 14.0 Å². The highest BCUT2D eigenvalue weighted by Crippen LogP contribution is 2.31. The Morgan fingerprint density at radius 3 is 2.47 bits per heavy atom. The van der Waals surface area contributed by atoms with Crippen LogP contribution in [-0.4, -0.2) is 53.5 Å². The summed E-state index contributed by atoms with van der Waals surface area (Å²) < 4.78 is 17.7. The quantitative estimate of drug-likeness (QED) is 0.345. The molecule has 0 bridgehead atoms. The van der Waals surface area contributed by atoms with Crippen molar-refractivity contribution in [1.82, 2.24) is 30.1 Å². The predicted octanol–water partition coefficient (Wildman–Crippen LogP) is 5.44. The number of hydrogen-bond acceptors (Lipinski definition) is 10. The van der Waals surface area contributed by atoms with E-state index >= 15 is 0 Å². The Balaban J connectivity index is 1.62. The standard InChI is InChI=1S/C23H24BrN7O5/c1-22(2,3)34-20(32)27-19-18(26-17(24)11-25-19)16-10-13(29-36-16)12-7-8-15-14(9-12)28-30-31(15)21(33)35-23(4,5)6/h7-11H,1-6H3,(H,25,27,32). The van der Waals surface area contributed by atoms with Crippen molar-refractivity contribution >= 4 is 45.0 Å². The molecule has 0 atom stereocenters. The number of hydrogen-bond donors (Lipinski definition) is 1. The van der Waals surface area contributed by atoms with Crippen molar-refractivity contribution in [3.05, 3.63) is 35.1 Å². The van der Waals surface area contributed by atoms with Crippen LogP contribution < -0.4 is 5.32 Å². The highest BCUT2D eigenvalue weighted by molar-refractivity contribution is 9.10. The van der Waals surface area contributed by atoms with Gasteiger partial charge in [-0.15, -0.1) is 9.78 Å². The number of carbonyl (C=O) groups is 2. The van der Waals surface area contributed by atoms with Crippen molar-refractivity contribution in [1.29, 1.82) is 0 Å². The zero-order chi connectivity index (χ0) is 26.3. The Kier molecular flexibility index (Phi) is 6.52. The molecular weight excluding hydrogens is 534 g/mol. The van der Waals surface area contributed by atoms with Gasteiger partial charge in [0, 0.05) is 11.6 Å². The van der Waals surface area contributed by atoms with Gasteiger partial charge in [-0.2, -0.15) is 0 Å². The Labute approximate surface area is 214 Å². The van der Waals surface area contributed by atoms with Crippen LogP contribution >= 0.6 is 15.9 Å². The number of nitrogens with zero attached hydrogens (tertiary/aromatic N) is 6. The van der Waals surface area contributed by atoms with E-state index in [1.54, 1.807) is 65.8 Å². The van der Waals surface area contributed by atoms with Crippen molar-refractivity contribution in [2.75, 3.05) is 5.32 Å². The van der Waals surface area contributed by atoms with Crippen LogP contribution in [0.1, 0.15) is 41.5 Å². The Morgan fingerprint density at radius 2 is 1.78 bits per heavy atom. The molecule has 1 amide bonds. The molecule has 3 aromatic heterocycles. The third-order valence-electron chi connectivity index (χ3n) is 4.41. The maximum atomic E-state index is 12.4. The second-order valence-corrected chi connectivity index (χ2v) is 10.6. The molecule has 0 saturated heterocycles. The van der Waals surface area contributed by atoms with Gasteiger partial charge in [0.25, 0.3) is 0 Å². The second kappa shape index (κ2) is 9.30. The molecular formula is C23H24BrN7O5. The fraction of sp³-hybridized carbons (Fsp3) is 0.348. The summed E-state index contributed by atoms with van der Waals surface area (Å²) >= 11 is 3.28. The average molecular weight is 558 g/mol. The van der Waals surface area contributed by atoms with Gasteiger partial charge in [0.15, 0.2) is 17.3 Å². The van der Waals surface area contributed by atoms with Gasteiger partial charge in [-0.3, -0.25) is 5.32 Å². The van der Waals surface area contributed by atoms with E-state index in [2.05, 4.69) is 46.7 Å². The van der Waals surface area contributed by atoms with Crippen LogP contribution in [0.4, 0.5) is 15.4 Å². The zero-order valence-corrected chi connectivity index (χ0v) is 22.1. The number of halogens is 1. The summed E-state index contributed by atoms with van der Waals surface area (Å²) in [5, 5.41) is 14.7. The maximum Gasteiger partial charge on any atom is 0.437 e. The number of aromatic nitrogens is 6. The normalized spacial score (nSPS) is 12.0. The van der Waals surface area contributed by atoms with Gasteiger partial charge in [0.2, 0.25) is 0 Å². The van der Waals surface area contributed by atoms with Crippen LogP contribution in [-0.2, 0) is 9.47 Å². The highest BCUT2D eigenvalue weighted by atomic mass is 79.9. The number of amides is 1. The lowest BCUT2D eigenvalue weighted by molar-refractivity contribution is 0.0518. The molecule has 12 nitrogen and oxygen atoms in total. The molecule has 4 aromatic rings. The van der Waals surface area contributed by atoms with Crippen molar-refractivity contribution in [3.8, 4) is 22.7 Å². The smallest absolute Gasteiger partial charge is 0.437 e. The summed E-state index contributed by atoms with van der Waals surface area (Å²) in [6.07, 6.45) is 0.133. The minimum absolute atomic E-state index is 0.144. The van der Waals surface area contributed by atoms with Crippen LogP contribution in [0.2, 0.25) is 0 Å². The summed E-state index contributed by atoms with van der Waals surface area (Å²) in [5.74, 6) is 0.410. The first kappa shape index (κ1) is 25.2. The van der Waals surface area contributed by atoms with Gasteiger partial charge >= 0.3 is 12.2 Å². The summed E-state index contributed by atoms with van der Waals surface area (Å²) in [6, 6.07) is 6.81. The van der Waals surface area contributed by atoms with E-state index < -0.39 is 23.4 Å². The van der Waals surface area contributed by atoms with Crippen molar-refractivity contribution < 1.29 is 23.6 Å². The molecule has 0 saturated carbocycles. The first-order valence-electron chi connectivity index (χ1n) is 10.9.